The number of rotatable bonds is 6. The van der Waals surface area contributed by atoms with Gasteiger partial charge in [-0.1, -0.05) is 13.3 Å². The molecular weight excluding hydrogens is 250 g/mol. The molecule has 0 aromatic heterocycles. The van der Waals surface area contributed by atoms with E-state index in [1.807, 2.05) is 0 Å². The molecule has 2 atom stereocenters. The molecule has 0 saturated carbocycles. The highest BCUT2D eigenvalue weighted by Gasteiger charge is 2.30. The van der Waals surface area contributed by atoms with Crippen LogP contribution in [0.2, 0.25) is 0 Å². The minimum absolute atomic E-state index is 0.484. The summed E-state index contributed by atoms with van der Waals surface area (Å²) in [5, 5.41) is 0. The van der Waals surface area contributed by atoms with Crippen LogP contribution in [0.5, 0.6) is 0 Å². The molecule has 0 aromatic carbocycles. The standard InChI is InChI=1S/C16H33N3O/c1-14(13-20-2)16(12-17)19-10-6-15(7-11-19)18-8-4-3-5-9-18/h14-16H,3-13,17H2,1-2H3. The molecule has 2 saturated heterocycles. The van der Waals surface area contributed by atoms with Crippen LogP contribution < -0.4 is 5.73 Å². The number of nitrogens with zero attached hydrogens (tertiary/aromatic N) is 2. The first-order valence-electron chi connectivity index (χ1n) is 8.43. The van der Waals surface area contributed by atoms with E-state index >= 15 is 0 Å². The molecule has 2 N–H and O–H groups in total. The second-order valence-corrected chi connectivity index (χ2v) is 6.60. The minimum Gasteiger partial charge on any atom is -0.384 e. The average Bonchev–Trinajstić information content (AvgIpc) is 2.50. The van der Waals surface area contributed by atoms with Crippen molar-refractivity contribution in [3.8, 4) is 0 Å². The summed E-state index contributed by atoms with van der Waals surface area (Å²) in [6.45, 7) is 8.88. The number of hydrogen-bond donors (Lipinski definition) is 1. The normalized spacial score (nSPS) is 26.6. The van der Waals surface area contributed by atoms with E-state index in [2.05, 4.69) is 16.7 Å². The maximum atomic E-state index is 6.00. The Bertz CT molecular complexity index is 260. The van der Waals surface area contributed by atoms with Gasteiger partial charge < -0.3 is 15.4 Å². The lowest BCUT2D eigenvalue weighted by molar-refractivity contribution is 0.0405. The fourth-order valence-corrected chi connectivity index (χ4v) is 3.98. The van der Waals surface area contributed by atoms with Crippen molar-refractivity contribution >= 4 is 0 Å². The maximum Gasteiger partial charge on any atom is 0.0503 e. The summed E-state index contributed by atoms with van der Waals surface area (Å²) in [5.74, 6) is 0.525. The van der Waals surface area contributed by atoms with Crippen molar-refractivity contribution in [2.45, 2.75) is 51.1 Å². The van der Waals surface area contributed by atoms with E-state index in [1.165, 1.54) is 58.3 Å². The molecule has 0 radical (unpaired) electrons. The summed E-state index contributed by atoms with van der Waals surface area (Å²) < 4.78 is 5.30. The molecule has 0 spiro atoms. The Balaban J connectivity index is 1.79. The summed E-state index contributed by atoms with van der Waals surface area (Å²) in [6.07, 6.45) is 6.86. The zero-order chi connectivity index (χ0) is 14.4. The average molecular weight is 283 g/mol. The Hall–Kier alpha value is -0.160. The van der Waals surface area contributed by atoms with Gasteiger partial charge in [0.05, 0.1) is 6.61 Å². The van der Waals surface area contributed by atoms with Crippen LogP contribution >= 0.6 is 0 Å². The Labute approximate surface area is 124 Å². The van der Waals surface area contributed by atoms with Gasteiger partial charge in [-0.2, -0.15) is 0 Å². The second-order valence-electron chi connectivity index (χ2n) is 6.60. The van der Waals surface area contributed by atoms with Crippen LogP contribution in [-0.4, -0.2) is 68.3 Å². The summed E-state index contributed by atoms with van der Waals surface area (Å²) in [4.78, 5) is 5.33. The molecule has 118 valence electrons. The predicted octanol–water partition coefficient (Wildman–Crippen LogP) is 1.55. The quantitative estimate of drug-likeness (QED) is 0.803. The Morgan fingerprint density at radius 2 is 1.75 bits per heavy atom. The fourth-order valence-electron chi connectivity index (χ4n) is 3.98. The first-order chi connectivity index (χ1) is 9.76. The van der Waals surface area contributed by atoms with Gasteiger partial charge in [0.2, 0.25) is 0 Å². The Kier molecular flexibility index (Phi) is 6.75. The van der Waals surface area contributed by atoms with Crippen LogP contribution in [0.1, 0.15) is 39.0 Å². The molecule has 2 fully saturated rings. The molecule has 4 heteroatoms. The molecule has 0 aliphatic carbocycles. The number of nitrogens with two attached hydrogens (primary N) is 1. The van der Waals surface area contributed by atoms with Crippen molar-refractivity contribution in [2.75, 3.05) is 46.4 Å². The van der Waals surface area contributed by atoms with Crippen molar-refractivity contribution in [3.63, 3.8) is 0 Å². The third-order valence-electron chi connectivity index (χ3n) is 5.20. The van der Waals surface area contributed by atoms with E-state index < -0.39 is 0 Å². The Morgan fingerprint density at radius 1 is 1.10 bits per heavy atom. The van der Waals surface area contributed by atoms with Gasteiger partial charge in [-0.25, -0.2) is 0 Å². The van der Waals surface area contributed by atoms with Crippen LogP contribution in [0, 0.1) is 5.92 Å². The van der Waals surface area contributed by atoms with Gasteiger partial charge in [0, 0.05) is 25.7 Å². The first-order valence-corrected chi connectivity index (χ1v) is 8.43. The summed E-state index contributed by atoms with van der Waals surface area (Å²) in [7, 11) is 1.78. The number of hydrogen-bond acceptors (Lipinski definition) is 4. The van der Waals surface area contributed by atoms with Crippen LogP contribution in [-0.2, 0) is 4.74 Å². The monoisotopic (exact) mass is 283 g/mol. The highest BCUT2D eigenvalue weighted by Crippen LogP contribution is 2.23. The summed E-state index contributed by atoms with van der Waals surface area (Å²) in [5.41, 5.74) is 6.00. The molecule has 20 heavy (non-hydrogen) atoms. The van der Waals surface area contributed by atoms with Gasteiger partial charge in [0.1, 0.15) is 0 Å². The topological polar surface area (TPSA) is 41.7 Å². The van der Waals surface area contributed by atoms with Crippen molar-refractivity contribution in [1.29, 1.82) is 0 Å². The highest BCUT2D eigenvalue weighted by atomic mass is 16.5. The zero-order valence-corrected chi connectivity index (χ0v) is 13.4. The molecule has 2 rings (SSSR count). The van der Waals surface area contributed by atoms with Crippen molar-refractivity contribution in [1.82, 2.24) is 9.80 Å². The van der Waals surface area contributed by atoms with E-state index in [4.69, 9.17) is 10.5 Å². The molecule has 2 aliphatic heterocycles. The molecule has 0 amide bonds. The molecule has 2 aliphatic rings. The van der Waals surface area contributed by atoms with Gasteiger partial charge in [-0.05, 0) is 57.8 Å². The summed E-state index contributed by atoms with van der Waals surface area (Å²) in [6, 6.07) is 1.31. The van der Waals surface area contributed by atoms with Gasteiger partial charge >= 0.3 is 0 Å². The predicted molar refractivity (Wildman–Crippen MR) is 83.9 cm³/mol. The van der Waals surface area contributed by atoms with Crippen LogP contribution in [0.4, 0.5) is 0 Å². The van der Waals surface area contributed by atoms with Crippen molar-refractivity contribution in [3.05, 3.63) is 0 Å². The van der Waals surface area contributed by atoms with E-state index in [9.17, 15) is 0 Å². The van der Waals surface area contributed by atoms with Crippen molar-refractivity contribution in [2.24, 2.45) is 11.7 Å². The van der Waals surface area contributed by atoms with E-state index in [-0.39, 0.29) is 0 Å². The zero-order valence-electron chi connectivity index (χ0n) is 13.4. The SMILES string of the molecule is COCC(C)C(CN)N1CCC(N2CCCCC2)CC1. The third kappa shape index (κ3) is 4.17. The van der Waals surface area contributed by atoms with E-state index in [0.29, 0.717) is 12.0 Å². The molecule has 2 unspecified atom stereocenters. The van der Waals surface area contributed by atoms with Crippen LogP contribution in [0.15, 0.2) is 0 Å². The van der Waals surface area contributed by atoms with Gasteiger partial charge in [-0.15, -0.1) is 0 Å². The molecule has 4 nitrogen and oxygen atoms in total. The van der Waals surface area contributed by atoms with Gasteiger partial charge in [0.25, 0.3) is 0 Å². The number of ether oxygens (including phenoxy) is 1. The van der Waals surface area contributed by atoms with Crippen molar-refractivity contribution < 1.29 is 4.74 Å². The van der Waals surface area contributed by atoms with E-state index in [0.717, 1.165) is 19.2 Å². The minimum atomic E-state index is 0.484. The smallest absolute Gasteiger partial charge is 0.0503 e. The van der Waals surface area contributed by atoms with Gasteiger partial charge in [-0.3, -0.25) is 4.90 Å². The maximum absolute atomic E-state index is 6.00. The molecular formula is C16H33N3O. The number of piperidine rings is 2. The lowest BCUT2D eigenvalue weighted by Gasteiger charge is -2.43. The van der Waals surface area contributed by atoms with Gasteiger partial charge in [0.15, 0.2) is 0 Å². The molecule has 2 heterocycles. The van der Waals surface area contributed by atoms with E-state index in [1.54, 1.807) is 7.11 Å². The van der Waals surface area contributed by atoms with Crippen LogP contribution in [0.3, 0.4) is 0 Å². The number of methoxy groups -OCH3 is 1. The Morgan fingerprint density at radius 3 is 2.30 bits per heavy atom. The highest BCUT2D eigenvalue weighted by molar-refractivity contribution is 4.86. The fraction of sp³-hybridized carbons (Fsp3) is 1.00. The third-order valence-corrected chi connectivity index (χ3v) is 5.20. The second kappa shape index (κ2) is 8.32. The number of likely N-dealkylation sites (tertiary alicyclic amines) is 2. The lowest BCUT2D eigenvalue weighted by Crippen LogP contribution is -2.53. The van der Waals surface area contributed by atoms with Crippen LogP contribution in [0.25, 0.3) is 0 Å². The molecule has 0 aromatic rings. The first kappa shape index (κ1) is 16.2. The summed E-state index contributed by atoms with van der Waals surface area (Å²) >= 11 is 0. The molecule has 0 bridgehead atoms. The lowest BCUT2D eigenvalue weighted by atomic mass is 9.95. The largest absolute Gasteiger partial charge is 0.384 e.